The van der Waals surface area contributed by atoms with Gasteiger partial charge in [0, 0.05) is 31.0 Å². The Balaban J connectivity index is 0.982. The zero-order chi connectivity index (χ0) is 37.7. The van der Waals surface area contributed by atoms with Crippen LogP contribution < -0.4 is 14.2 Å². The summed E-state index contributed by atoms with van der Waals surface area (Å²) in [5.74, 6) is 0.865. The van der Waals surface area contributed by atoms with Crippen LogP contribution in [0.4, 0.5) is 0 Å². The average Bonchev–Trinajstić information content (AvgIpc) is 3.21. The third-order valence-electron chi connectivity index (χ3n) is 11.1. The Labute approximate surface area is 326 Å². The molecule has 0 unspecified atom stereocenters. The molecule has 4 fully saturated rings. The van der Waals surface area contributed by atoms with Crippen LogP contribution in [0.25, 0.3) is 0 Å². The van der Waals surface area contributed by atoms with E-state index in [4.69, 9.17) is 46.9 Å². The van der Waals surface area contributed by atoms with E-state index in [0.29, 0.717) is 41.4 Å². The monoisotopic (exact) mass is 773 g/mol. The second-order valence-corrected chi connectivity index (χ2v) is 15.0. The highest BCUT2D eigenvalue weighted by Crippen LogP contribution is 2.40. The van der Waals surface area contributed by atoms with E-state index in [1.807, 2.05) is 30.3 Å². The van der Waals surface area contributed by atoms with Gasteiger partial charge in [-0.25, -0.2) is 4.79 Å². The molecular formula is C42H45Cl2N3O7. The molecule has 2 bridgehead atoms. The third-order valence-corrected chi connectivity index (χ3v) is 11.7. The standard InChI is InChI=1S/C42H45Cl2N3O7/c1-50-35-13-12-31(24-36(35)51-2)40(53-38-33(43)25-45-26-34(38)44)54-39(48)30-10-8-28(9-11-30)14-19-46-22-17-42(18-23-46,32-6-4-3-5-7-32)41(49)52-37-27-47-20-15-29(37)16-21-47/h3-13,24-26,29,37,40H,14-23,27H2,1-2H3/t37-,40+/m0/s1. The molecule has 0 aliphatic carbocycles. The van der Waals surface area contributed by atoms with E-state index in [0.717, 1.165) is 69.7 Å². The number of likely N-dealkylation sites (tertiary alicyclic amines) is 1. The van der Waals surface area contributed by atoms with Gasteiger partial charge < -0.3 is 28.6 Å². The van der Waals surface area contributed by atoms with Crippen molar-refractivity contribution in [2.75, 3.05) is 53.5 Å². The number of carbonyl (C=O) groups excluding carboxylic acids is 2. The summed E-state index contributed by atoms with van der Waals surface area (Å²) in [5, 5.41) is 0.328. The maximum Gasteiger partial charge on any atom is 0.341 e. The van der Waals surface area contributed by atoms with Gasteiger partial charge in [-0.3, -0.25) is 14.7 Å². The molecule has 5 heterocycles. The van der Waals surface area contributed by atoms with Crippen molar-refractivity contribution in [1.82, 2.24) is 14.8 Å². The van der Waals surface area contributed by atoms with E-state index >= 15 is 0 Å². The van der Waals surface area contributed by atoms with E-state index < -0.39 is 17.7 Å². The summed E-state index contributed by atoms with van der Waals surface area (Å²) in [6.07, 6.45) is 5.98. The maximum absolute atomic E-state index is 14.0. The molecule has 1 aromatic heterocycles. The molecule has 4 aliphatic rings. The first-order valence-electron chi connectivity index (χ1n) is 18.4. The number of carbonyl (C=O) groups is 2. The Morgan fingerprint density at radius 1 is 0.870 bits per heavy atom. The van der Waals surface area contributed by atoms with Crippen LogP contribution in [0.15, 0.2) is 85.2 Å². The van der Waals surface area contributed by atoms with E-state index in [1.165, 1.54) is 26.6 Å². The Morgan fingerprint density at radius 2 is 1.56 bits per heavy atom. The number of rotatable bonds is 13. The fraction of sp³-hybridized carbons (Fsp3) is 0.405. The van der Waals surface area contributed by atoms with Crippen molar-refractivity contribution in [2.45, 2.75) is 49.9 Å². The predicted octanol–water partition coefficient (Wildman–Crippen LogP) is 7.55. The van der Waals surface area contributed by atoms with Crippen molar-refractivity contribution < 1.29 is 33.3 Å². The van der Waals surface area contributed by atoms with E-state index in [1.54, 1.807) is 30.3 Å². The van der Waals surface area contributed by atoms with Gasteiger partial charge in [0.15, 0.2) is 17.2 Å². The molecule has 3 aromatic carbocycles. The van der Waals surface area contributed by atoms with E-state index in [2.05, 4.69) is 26.9 Å². The molecule has 8 rings (SSSR count). The molecule has 4 saturated heterocycles. The van der Waals surface area contributed by atoms with Gasteiger partial charge in [-0.05, 0) is 106 Å². The molecule has 284 valence electrons. The number of hydrogen-bond donors (Lipinski definition) is 0. The Bertz CT molecular complexity index is 1890. The molecule has 0 radical (unpaired) electrons. The Kier molecular flexibility index (Phi) is 11.9. The number of ether oxygens (including phenoxy) is 5. The summed E-state index contributed by atoms with van der Waals surface area (Å²) in [4.78, 5) is 36.3. The van der Waals surface area contributed by atoms with Crippen molar-refractivity contribution in [2.24, 2.45) is 5.92 Å². The van der Waals surface area contributed by atoms with E-state index in [9.17, 15) is 9.59 Å². The number of methoxy groups -OCH3 is 2. The number of aromatic nitrogens is 1. The van der Waals surface area contributed by atoms with Crippen molar-refractivity contribution in [3.05, 3.63) is 117 Å². The van der Waals surface area contributed by atoms with Gasteiger partial charge in [-0.2, -0.15) is 0 Å². The molecule has 4 aromatic rings. The van der Waals surface area contributed by atoms with Gasteiger partial charge in [-0.15, -0.1) is 0 Å². The van der Waals surface area contributed by atoms with Crippen LogP contribution in [0.5, 0.6) is 17.2 Å². The summed E-state index contributed by atoms with van der Waals surface area (Å²) in [6.45, 7) is 5.48. The van der Waals surface area contributed by atoms with Crippen molar-refractivity contribution in [3.63, 3.8) is 0 Å². The van der Waals surface area contributed by atoms with Crippen LogP contribution in [0.2, 0.25) is 10.0 Å². The van der Waals surface area contributed by atoms with Crippen molar-refractivity contribution in [1.29, 1.82) is 0 Å². The molecular weight excluding hydrogens is 729 g/mol. The number of hydrogen-bond acceptors (Lipinski definition) is 10. The highest BCUT2D eigenvalue weighted by molar-refractivity contribution is 6.36. The van der Waals surface area contributed by atoms with Gasteiger partial charge >= 0.3 is 11.9 Å². The number of esters is 2. The molecule has 2 atom stereocenters. The van der Waals surface area contributed by atoms with Crippen LogP contribution in [0, 0.1) is 5.92 Å². The zero-order valence-corrected chi connectivity index (χ0v) is 32.1. The molecule has 4 aliphatic heterocycles. The van der Waals surface area contributed by atoms with Crippen LogP contribution in [-0.2, 0) is 26.1 Å². The Hall–Kier alpha value is -4.35. The molecule has 0 saturated carbocycles. The first-order chi connectivity index (χ1) is 26.3. The van der Waals surface area contributed by atoms with Gasteiger partial charge in [0.05, 0.1) is 25.2 Å². The lowest BCUT2D eigenvalue weighted by Crippen LogP contribution is -2.55. The number of halogens is 2. The van der Waals surface area contributed by atoms with Crippen molar-refractivity contribution >= 4 is 35.1 Å². The zero-order valence-electron chi connectivity index (χ0n) is 30.5. The van der Waals surface area contributed by atoms with Gasteiger partial charge in [0.2, 0.25) is 0 Å². The average molecular weight is 775 g/mol. The molecule has 0 amide bonds. The number of pyridine rings is 1. The van der Waals surface area contributed by atoms with Gasteiger partial charge in [-0.1, -0.05) is 65.7 Å². The number of fused-ring (bicyclic) bond motifs is 3. The largest absolute Gasteiger partial charge is 0.493 e. The second-order valence-electron chi connectivity index (χ2n) is 14.2. The SMILES string of the molecule is COc1ccc([C@@H](OC(=O)c2ccc(CCN3CCC(C(=O)O[C@H]4CN5CCC4CC5)(c4ccccc4)CC3)cc2)Oc2c(Cl)cncc2Cl)cc1OC. The predicted molar refractivity (Wildman–Crippen MR) is 206 cm³/mol. The first kappa shape index (κ1) is 37.9. The first-order valence-corrected chi connectivity index (χ1v) is 19.2. The van der Waals surface area contributed by atoms with E-state index in [-0.39, 0.29) is 27.9 Å². The fourth-order valence-electron chi connectivity index (χ4n) is 7.86. The van der Waals surface area contributed by atoms with Crippen LogP contribution in [-0.4, -0.2) is 86.3 Å². The summed E-state index contributed by atoms with van der Waals surface area (Å²) >= 11 is 12.7. The van der Waals surface area contributed by atoms with Gasteiger partial charge in [0.1, 0.15) is 16.1 Å². The molecule has 12 heteroatoms. The Morgan fingerprint density at radius 3 is 2.19 bits per heavy atom. The summed E-state index contributed by atoms with van der Waals surface area (Å²) < 4.78 is 29.2. The quantitative estimate of drug-likeness (QED) is 0.100. The molecule has 54 heavy (non-hydrogen) atoms. The molecule has 0 N–H and O–H groups in total. The maximum atomic E-state index is 14.0. The van der Waals surface area contributed by atoms with Crippen LogP contribution in [0.1, 0.15) is 59.0 Å². The molecule has 0 spiro atoms. The lowest BCUT2D eigenvalue weighted by atomic mass is 9.72. The number of piperidine rings is 4. The normalized spacial score (nSPS) is 21.1. The minimum atomic E-state index is -1.22. The summed E-state index contributed by atoms with van der Waals surface area (Å²) in [6, 6.07) is 22.6. The van der Waals surface area contributed by atoms with Crippen LogP contribution >= 0.6 is 23.2 Å². The smallest absolute Gasteiger partial charge is 0.341 e. The fourth-order valence-corrected chi connectivity index (χ4v) is 8.31. The molecule has 10 nitrogen and oxygen atoms in total. The number of benzene rings is 3. The van der Waals surface area contributed by atoms with Gasteiger partial charge in [0.25, 0.3) is 6.29 Å². The second kappa shape index (κ2) is 17.0. The minimum absolute atomic E-state index is 0.0124. The topological polar surface area (TPSA) is 99.7 Å². The summed E-state index contributed by atoms with van der Waals surface area (Å²) in [5.41, 5.74) is 2.32. The lowest BCUT2D eigenvalue weighted by Gasteiger charge is -2.46. The summed E-state index contributed by atoms with van der Waals surface area (Å²) in [7, 11) is 3.05. The minimum Gasteiger partial charge on any atom is -0.493 e. The number of nitrogens with zero attached hydrogens (tertiary/aromatic N) is 3. The highest BCUT2D eigenvalue weighted by atomic mass is 35.5. The van der Waals surface area contributed by atoms with Crippen molar-refractivity contribution in [3.8, 4) is 17.2 Å². The lowest BCUT2D eigenvalue weighted by molar-refractivity contribution is -0.168. The van der Waals surface area contributed by atoms with Crippen LogP contribution in [0.3, 0.4) is 0 Å². The third kappa shape index (κ3) is 8.32. The highest BCUT2D eigenvalue weighted by Gasteiger charge is 2.47.